The Hall–Kier alpha value is -2.28. The Morgan fingerprint density at radius 2 is 1.79 bits per heavy atom. The average molecular weight is 389 g/mol. The molecule has 1 saturated heterocycles. The maximum atomic E-state index is 13.0. The Morgan fingerprint density at radius 3 is 2.36 bits per heavy atom. The number of carbonyl (C=O) groups is 2. The summed E-state index contributed by atoms with van der Waals surface area (Å²) in [5.41, 5.74) is 1.37. The highest BCUT2D eigenvalue weighted by atomic mass is 16.5. The molecule has 1 aliphatic carbocycles. The minimum atomic E-state index is -0.158. The lowest BCUT2D eigenvalue weighted by molar-refractivity contribution is -0.133. The van der Waals surface area contributed by atoms with Gasteiger partial charge in [-0.1, -0.05) is 0 Å². The molecule has 1 saturated carbocycles. The van der Waals surface area contributed by atoms with Gasteiger partial charge in [-0.2, -0.15) is 0 Å². The lowest BCUT2D eigenvalue weighted by Crippen LogP contribution is -2.51. The molecule has 2 aliphatic rings. The van der Waals surface area contributed by atoms with Gasteiger partial charge in [0.25, 0.3) is 5.91 Å². The molecule has 1 aromatic rings. The molecule has 1 aliphatic heterocycles. The highest BCUT2D eigenvalue weighted by molar-refractivity contribution is 5.95. The van der Waals surface area contributed by atoms with E-state index in [1.54, 1.807) is 26.4 Å². The third-order valence-electron chi connectivity index (χ3n) is 5.95. The van der Waals surface area contributed by atoms with Gasteiger partial charge in [-0.05, 0) is 58.3 Å². The fourth-order valence-electron chi connectivity index (χ4n) is 4.58. The first-order chi connectivity index (χ1) is 13.3. The molecule has 2 amide bonds. The molecule has 1 N–H and O–H groups in total. The normalized spacial score (nSPS) is 23.6. The van der Waals surface area contributed by atoms with Crippen LogP contribution in [0.1, 0.15) is 35.2 Å². The van der Waals surface area contributed by atoms with Crippen LogP contribution in [0.15, 0.2) is 12.1 Å². The first-order valence-electron chi connectivity index (χ1n) is 9.83. The number of ether oxygens (including phenoxy) is 2. The van der Waals surface area contributed by atoms with E-state index in [0.29, 0.717) is 29.5 Å². The van der Waals surface area contributed by atoms with E-state index < -0.39 is 0 Å². The minimum Gasteiger partial charge on any atom is -0.496 e. The van der Waals surface area contributed by atoms with Crippen LogP contribution in [0.5, 0.6) is 11.5 Å². The van der Waals surface area contributed by atoms with E-state index in [1.165, 1.54) is 0 Å². The maximum Gasteiger partial charge on any atom is 0.251 e. The molecule has 0 unspecified atom stereocenters. The number of carbonyl (C=O) groups excluding carboxylic acids is 2. The Kier molecular flexibility index (Phi) is 6.13. The van der Waals surface area contributed by atoms with Crippen molar-refractivity contribution in [3.05, 3.63) is 23.3 Å². The fraction of sp³-hybridized carbons (Fsp3) is 0.619. The predicted molar refractivity (Wildman–Crippen MR) is 107 cm³/mol. The van der Waals surface area contributed by atoms with Crippen LogP contribution >= 0.6 is 0 Å². The molecule has 154 valence electrons. The quantitative estimate of drug-likeness (QED) is 0.802. The minimum absolute atomic E-state index is 0.0237. The van der Waals surface area contributed by atoms with Crippen molar-refractivity contribution in [1.82, 2.24) is 15.1 Å². The Balaban J connectivity index is 1.76. The SMILES string of the molecule is COc1cc(C(=O)N[C@@H]2CC[C@H]3CCN(C(=O)CN(C)C)[C@H]32)cc(OC)c1C. The van der Waals surface area contributed by atoms with Crippen molar-refractivity contribution in [2.45, 2.75) is 38.3 Å². The van der Waals surface area contributed by atoms with E-state index in [-0.39, 0.29) is 23.9 Å². The molecule has 0 bridgehead atoms. The Morgan fingerprint density at radius 1 is 1.14 bits per heavy atom. The molecule has 2 fully saturated rings. The molecule has 1 heterocycles. The zero-order chi connectivity index (χ0) is 20.4. The number of hydrogen-bond acceptors (Lipinski definition) is 5. The van der Waals surface area contributed by atoms with Gasteiger partial charge in [-0.3, -0.25) is 9.59 Å². The van der Waals surface area contributed by atoms with E-state index in [2.05, 4.69) is 5.32 Å². The van der Waals surface area contributed by atoms with Gasteiger partial charge in [0.15, 0.2) is 0 Å². The van der Waals surface area contributed by atoms with Crippen LogP contribution < -0.4 is 14.8 Å². The second-order valence-corrected chi connectivity index (χ2v) is 8.03. The van der Waals surface area contributed by atoms with Crippen LogP contribution in [0.2, 0.25) is 0 Å². The van der Waals surface area contributed by atoms with Crippen LogP contribution in [0, 0.1) is 12.8 Å². The number of nitrogens with zero attached hydrogens (tertiary/aromatic N) is 2. The molecule has 0 spiro atoms. The lowest BCUT2D eigenvalue weighted by Gasteiger charge is -2.31. The summed E-state index contributed by atoms with van der Waals surface area (Å²) in [7, 11) is 6.96. The largest absolute Gasteiger partial charge is 0.496 e. The molecule has 7 heteroatoms. The van der Waals surface area contributed by atoms with E-state index >= 15 is 0 Å². The van der Waals surface area contributed by atoms with Gasteiger partial charge in [0.2, 0.25) is 5.91 Å². The molecule has 3 rings (SSSR count). The van der Waals surface area contributed by atoms with Crippen molar-refractivity contribution < 1.29 is 19.1 Å². The van der Waals surface area contributed by atoms with Gasteiger partial charge in [-0.15, -0.1) is 0 Å². The number of benzene rings is 1. The molecule has 1 aromatic carbocycles. The van der Waals surface area contributed by atoms with Crippen molar-refractivity contribution >= 4 is 11.8 Å². The van der Waals surface area contributed by atoms with Crippen molar-refractivity contribution in [2.75, 3.05) is 41.4 Å². The molecule has 28 heavy (non-hydrogen) atoms. The number of hydrogen-bond donors (Lipinski definition) is 1. The fourth-order valence-corrected chi connectivity index (χ4v) is 4.58. The van der Waals surface area contributed by atoms with Crippen LogP contribution in [-0.2, 0) is 4.79 Å². The highest BCUT2D eigenvalue weighted by Gasteiger charge is 2.46. The molecular formula is C21H31N3O4. The Bertz CT molecular complexity index is 724. The number of methoxy groups -OCH3 is 2. The third kappa shape index (κ3) is 3.94. The van der Waals surface area contributed by atoms with Gasteiger partial charge in [0.1, 0.15) is 11.5 Å². The maximum absolute atomic E-state index is 13.0. The summed E-state index contributed by atoms with van der Waals surface area (Å²) in [6, 6.07) is 3.54. The summed E-state index contributed by atoms with van der Waals surface area (Å²) < 4.78 is 10.8. The van der Waals surface area contributed by atoms with E-state index in [0.717, 1.165) is 31.4 Å². The summed E-state index contributed by atoms with van der Waals surface area (Å²) in [5, 5.41) is 3.17. The summed E-state index contributed by atoms with van der Waals surface area (Å²) in [4.78, 5) is 29.5. The summed E-state index contributed by atoms with van der Waals surface area (Å²) in [6.07, 6.45) is 2.96. The molecule has 0 aromatic heterocycles. The van der Waals surface area contributed by atoms with Gasteiger partial charge in [-0.25, -0.2) is 0 Å². The average Bonchev–Trinajstić information content (AvgIpc) is 3.24. The first kappa shape index (κ1) is 20.5. The van der Waals surface area contributed by atoms with Crippen LogP contribution in [0.25, 0.3) is 0 Å². The third-order valence-corrected chi connectivity index (χ3v) is 5.95. The van der Waals surface area contributed by atoms with Gasteiger partial charge in [0.05, 0.1) is 26.8 Å². The lowest BCUT2D eigenvalue weighted by atomic mass is 10.0. The van der Waals surface area contributed by atoms with Crippen LogP contribution in [-0.4, -0.2) is 75.1 Å². The highest BCUT2D eigenvalue weighted by Crippen LogP contribution is 2.38. The number of amides is 2. The number of likely N-dealkylation sites (tertiary alicyclic amines) is 1. The van der Waals surface area contributed by atoms with E-state index in [4.69, 9.17) is 9.47 Å². The summed E-state index contributed by atoms with van der Waals surface area (Å²) >= 11 is 0. The van der Waals surface area contributed by atoms with Crippen LogP contribution in [0.4, 0.5) is 0 Å². The van der Waals surface area contributed by atoms with Crippen molar-refractivity contribution in [2.24, 2.45) is 5.92 Å². The number of rotatable bonds is 6. The topological polar surface area (TPSA) is 71.1 Å². The molecule has 3 atom stereocenters. The van der Waals surface area contributed by atoms with Crippen molar-refractivity contribution in [3.8, 4) is 11.5 Å². The van der Waals surface area contributed by atoms with Crippen molar-refractivity contribution in [3.63, 3.8) is 0 Å². The van der Waals surface area contributed by atoms with Gasteiger partial charge < -0.3 is 24.6 Å². The van der Waals surface area contributed by atoms with Gasteiger partial charge in [0, 0.05) is 23.7 Å². The number of fused-ring (bicyclic) bond motifs is 1. The zero-order valence-electron chi connectivity index (χ0n) is 17.4. The second kappa shape index (κ2) is 8.39. The summed E-state index contributed by atoms with van der Waals surface area (Å²) in [5.74, 6) is 1.69. The number of likely N-dealkylation sites (N-methyl/N-ethyl adjacent to an activating group) is 1. The Labute approximate surface area is 167 Å². The monoisotopic (exact) mass is 389 g/mol. The standard InChI is InChI=1S/C21H31N3O4/c1-13-17(27-4)10-15(11-18(13)28-5)21(26)22-16-7-6-14-8-9-24(20(14)16)19(25)12-23(2)3/h10-11,14,16,20H,6-9,12H2,1-5H3,(H,22,26)/t14-,16+,20+/m0/s1. The molecular weight excluding hydrogens is 358 g/mol. The predicted octanol–water partition coefficient (Wildman–Crippen LogP) is 1.68. The van der Waals surface area contributed by atoms with Crippen molar-refractivity contribution in [1.29, 1.82) is 0 Å². The van der Waals surface area contributed by atoms with Gasteiger partial charge >= 0.3 is 0 Å². The van der Waals surface area contributed by atoms with Crippen LogP contribution in [0.3, 0.4) is 0 Å². The number of nitrogens with one attached hydrogen (secondary N) is 1. The second-order valence-electron chi connectivity index (χ2n) is 8.03. The first-order valence-corrected chi connectivity index (χ1v) is 9.83. The molecule has 7 nitrogen and oxygen atoms in total. The zero-order valence-corrected chi connectivity index (χ0v) is 17.4. The van der Waals surface area contributed by atoms with E-state index in [1.807, 2.05) is 30.8 Å². The van der Waals surface area contributed by atoms with E-state index in [9.17, 15) is 9.59 Å². The summed E-state index contributed by atoms with van der Waals surface area (Å²) in [6.45, 7) is 3.07. The smallest absolute Gasteiger partial charge is 0.251 e. The molecule has 0 radical (unpaired) electrons.